The number of hydrogen-bond acceptors (Lipinski definition) is 7. The molecule has 9 nitrogen and oxygen atoms in total. The highest BCUT2D eigenvalue weighted by atomic mass is 16.5. The second-order valence-electron chi connectivity index (χ2n) is 7.02. The summed E-state index contributed by atoms with van der Waals surface area (Å²) in [5.74, 6) is 1.07. The van der Waals surface area contributed by atoms with Crippen LogP contribution in [0, 0.1) is 0 Å². The van der Waals surface area contributed by atoms with Gasteiger partial charge in [-0.15, -0.1) is 0 Å². The van der Waals surface area contributed by atoms with E-state index in [1.54, 1.807) is 6.20 Å². The third-order valence-electron chi connectivity index (χ3n) is 4.77. The van der Waals surface area contributed by atoms with E-state index in [4.69, 9.17) is 19.7 Å². The van der Waals surface area contributed by atoms with E-state index in [-0.39, 0.29) is 5.78 Å². The van der Waals surface area contributed by atoms with Crippen molar-refractivity contribution in [2.24, 2.45) is 5.11 Å². The van der Waals surface area contributed by atoms with Crippen molar-refractivity contribution in [1.29, 1.82) is 0 Å². The molecule has 0 bridgehead atoms. The minimum absolute atomic E-state index is 0.283. The van der Waals surface area contributed by atoms with Crippen molar-refractivity contribution in [3.63, 3.8) is 0 Å². The second-order valence-corrected chi connectivity index (χ2v) is 7.02. The van der Waals surface area contributed by atoms with Crippen LogP contribution in [0.25, 0.3) is 21.6 Å². The van der Waals surface area contributed by atoms with Crippen molar-refractivity contribution < 1.29 is 19.0 Å². The van der Waals surface area contributed by atoms with Crippen LogP contribution in [0.3, 0.4) is 0 Å². The Bertz CT molecular complexity index is 915. The van der Waals surface area contributed by atoms with Crippen LogP contribution in [-0.2, 0) is 31.8 Å². The van der Waals surface area contributed by atoms with Gasteiger partial charge in [0.25, 0.3) is 0 Å². The van der Waals surface area contributed by atoms with Crippen molar-refractivity contribution in [2.45, 2.75) is 12.8 Å². The van der Waals surface area contributed by atoms with Crippen molar-refractivity contribution in [1.82, 2.24) is 4.98 Å². The average molecular weight is 425 g/mol. The van der Waals surface area contributed by atoms with Crippen LogP contribution >= 0.6 is 0 Å². The fraction of sp³-hybridized carbons (Fsp3) is 0.455. The molecule has 0 atom stereocenters. The first-order valence-electron chi connectivity index (χ1n) is 10.3. The van der Waals surface area contributed by atoms with Gasteiger partial charge in [-0.2, -0.15) is 0 Å². The Labute approximate surface area is 181 Å². The minimum atomic E-state index is 0.283. The molecule has 1 aliphatic carbocycles. The van der Waals surface area contributed by atoms with Crippen LogP contribution < -0.4 is 5.32 Å². The second kappa shape index (κ2) is 12.7. The van der Waals surface area contributed by atoms with E-state index >= 15 is 0 Å². The number of fused-ring (bicyclic) bond motifs is 1. The normalized spacial score (nSPS) is 12.5. The Balaban J connectivity index is 1.29. The van der Waals surface area contributed by atoms with Crippen molar-refractivity contribution >= 4 is 11.6 Å². The highest BCUT2D eigenvalue weighted by Gasteiger charge is 2.18. The van der Waals surface area contributed by atoms with Crippen molar-refractivity contribution in [2.75, 3.05) is 58.0 Å². The number of aromatic nitrogens is 1. The van der Waals surface area contributed by atoms with Crippen molar-refractivity contribution in [3.8, 4) is 11.1 Å². The van der Waals surface area contributed by atoms with Gasteiger partial charge < -0.3 is 19.5 Å². The number of azide groups is 1. The van der Waals surface area contributed by atoms with Gasteiger partial charge in [0.05, 0.1) is 39.6 Å². The highest BCUT2D eigenvalue weighted by Crippen LogP contribution is 2.27. The molecular formula is C22H27N5O4. The van der Waals surface area contributed by atoms with Crippen LogP contribution in [-0.4, -0.2) is 63.5 Å². The molecule has 0 radical (unpaired) electrons. The predicted molar refractivity (Wildman–Crippen MR) is 117 cm³/mol. The smallest absolute Gasteiger partial charge is 0.141 e. The number of Topliss-reactive ketones (excluding diaryl/α,β-unsaturated/α-hetero) is 1. The number of benzene rings is 1. The Kier molecular flexibility index (Phi) is 9.28. The summed E-state index contributed by atoms with van der Waals surface area (Å²) in [6.07, 6.45) is 2.86. The molecule has 0 saturated heterocycles. The highest BCUT2D eigenvalue weighted by molar-refractivity contribution is 5.88. The van der Waals surface area contributed by atoms with Crippen LogP contribution in [0.2, 0.25) is 0 Å². The summed E-state index contributed by atoms with van der Waals surface area (Å²) >= 11 is 0. The third kappa shape index (κ3) is 7.66. The number of carbonyl (C=O) groups is 1. The van der Waals surface area contributed by atoms with Gasteiger partial charge in [-0.05, 0) is 39.9 Å². The maximum Gasteiger partial charge on any atom is 0.141 e. The van der Waals surface area contributed by atoms with Gasteiger partial charge in [0.1, 0.15) is 11.6 Å². The summed E-state index contributed by atoms with van der Waals surface area (Å²) in [6, 6.07) is 10.2. The molecular weight excluding hydrogens is 398 g/mol. The number of ketones is 1. The molecule has 0 amide bonds. The van der Waals surface area contributed by atoms with Gasteiger partial charge in [-0.3, -0.25) is 4.79 Å². The molecule has 9 heteroatoms. The summed E-state index contributed by atoms with van der Waals surface area (Å²) < 4.78 is 16.2. The quantitative estimate of drug-likeness (QED) is 0.215. The molecule has 1 N–H and O–H groups in total. The SMILES string of the molecule is [N-]=[N+]=NCCOCCOCCOCCNc1cc(-c2ccc3c(c2)CC(=O)C3)ccn1. The summed E-state index contributed by atoms with van der Waals surface area (Å²) in [5, 5.41) is 6.64. The Morgan fingerprint density at radius 2 is 1.65 bits per heavy atom. The summed E-state index contributed by atoms with van der Waals surface area (Å²) in [7, 11) is 0. The molecule has 1 heterocycles. The Morgan fingerprint density at radius 3 is 2.45 bits per heavy atom. The minimum Gasteiger partial charge on any atom is -0.379 e. The first kappa shape index (κ1) is 22.7. The molecule has 1 aromatic carbocycles. The number of carbonyl (C=O) groups excluding carboxylic acids is 1. The topological polar surface area (TPSA) is 118 Å². The van der Waals surface area contributed by atoms with Gasteiger partial charge in [0.15, 0.2) is 0 Å². The summed E-state index contributed by atoms with van der Waals surface area (Å²) in [5.41, 5.74) is 12.6. The average Bonchev–Trinajstić information content (AvgIpc) is 3.16. The van der Waals surface area contributed by atoms with Crippen LogP contribution in [0.1, 0.15) is 11.1 Å². The molecule has 31 heavy (non-hydrogen) atoms. The maximum absolute atomic E-state index is 11.6. The number of ether oxygens (including phenoxy) is 3. The van der Waals surface area contributed by atoms with E-state index in [1.807, 2.05) is 12.1 Å². The predicted octanol–water partition coefficient (Wildman–Crippen LogP) is 3.19. The fourth-order valence-corrected chi connectivity index (χ4v) is 3.28. The van der Waals surface area contributed by atoms with Gasteiger partial charge >= 0.3 is 0 Å². The summed E-state index contributed by atoms with van der Waals surface area (Å²) in [6.45, 7) is 3.85. The van der Waals surface area contributed by atoms with E-state index in [2.05, 4.69) is 38.5 Å². The number of pyridine rings is 1. The molecule has 0 aliphatic heterocycles. The zero-order chi connectivity index (χ0) is 21.7. The maximum atomic E-state index is 11.6. The summed E-state index contributed by atoms with van der Waals surface area (Å²) in [4.78, 5) is 18.7. The molecule has 1 aliphatic rings. The molecule has 0 spiro atoms. The van der Waals surface area contributed by atoms with Gasteiger partial charge in [0.2, 0.25) is 0 Å². The van der Waals surface area contributed by atoms with Crippen molar-refractivity contribution in [3.05, 3.63) is 58.1 Å². The largest absolute Gasteiger partial charge is 0.379 e. The van der Waals surface area contributed by atoms with Gasteiger partial charge in [-0.1, -0.05) is 23.3 Å². The van der Waals surface area contributed by atoms with E-state index in [0.29, 0.717) is 65.6 Å². The van der Waals surface area contributed by atoms with Crippen LogP contribution in [0.15, 0.2) is 41.6 Å². The lowest BCUT2D eigenvalue weighted by molar-refractivity contribution is -0.117. The Hall–Kier alpha value is -2.97. The number of anilines is 1. The fourth-order valence-electron chi connectivity index (χ4n) is 3.28. The number of hydrogen-bond donors (Lipinski definition) is 1. The number of nitrogens with one attached hydrogen (secondary N) is 1. The van der Waals surface area contributed by atoms with E-state index in [0.717, 1.165) is 28.1 Å². The number of nitrogens with zero attached hydrogens (tertiary/aromatic N) is 4. The van der Waals surface area contributed by atoms with Gasteiger partial charge in [-0.25, -0.2) is 4.98 Å². The molecule has 1 aromatic heterocycles. The Morgan fingerprint density at radius 1 is 0.935 bits per heavy atom. The first-order chi connectivity index (χ1) is 15.3. The lowest BCUT2D eigenvalue weighted by Gasteiger charge is -2.10. The molecule has 0 unspecified atom stereocenters. The van der Waals surface area contributed by atoms with Crippen LogP contribution in [0.4, 0.5) is 5.82 Å². The van der Waals surface area contributed by atoms with Crippen LogP contribution in [0.5, 0.6) is 0 Å². The molecule has 0 fully saturated rings. The van der Waals surface area contributed by atoms with E-state index < -0.39 is 0 Å². The molecule has 2 aromatic rings. The standard InChI is InChI=1S/C22H27N5O4/c23-27-26-6-8-30-10-12-31-11-9-29-7-5-25-22-16-19(3-4-24-22)17-1-2-18-14-21(28)15-20(18)13-17/h1-4,13,16H,5-12,14-15H2,(H,24,25). The monoisotopic (exact) mass is 425 g/mol. The van der Waals surface area contributed by atoms with Gasteiger partial charge in [0, 0.05) is 37.0 Å². The third-order valence-corrected chi connectivity index (χ3v) is 4.77. The molecule has 0 saturated carbocycles. The molecule has 164 valence electrons. The van der Waals surface area contributed by atoms with E-state index in [9.17, 15) is 4.79 Å². The lowest BCUT2D eigenvalue weighted by atomic mass is 10.0. The zero-order valence-electron chi connectivity index (χ0n) is 17.5. The lowest BCUT2D eigenvalue weighted by Crippen LogP contribution is -2.14. The molecule has 3 rings (SSSR count). The zero-order valence-corrected chi connectivity index (χ0v) is 17.5. The first-order valence-corrected chi connectivity index (χ1v) is 10.3. The van der Waals surface area contributed by atoms with E-state index in [1.165, 1.54) is 0 Å². The number of rotatable bonds is 14.